The maximum Gasteiger partial charge on any atom is 0.119 e. The zero-order chi connectivity index (χ0) is 8.44. The van der Waals surface area contributed by atoms with Gasteiger partial charge in [-0.05, 0) is 25.7 Å². The summed E-state index contributed by atoms with van der Waals surface area (Å²) in [6.07, 6.45) is 4.72. The summed E-state index contributed by atoms with van der Waals surface area (Å²) in [5.74, 6) is 0. The van der Waals surface area contributed by atoms with E-state index in [1.165, 1.54) is 19.3 Å². The number of ether oxygens (including phenoxy) is 2. The van der Waals surface area contributed by atoms with E-state index in [9.17, 15) is 0 Å². The summed E-state index contributed by atoms with van der Waals surface area (Å²) in [4.78, 5) is 0. The molecule has 1 N–H and O–H groups in total. The maximum absolute atomic E-state index is 5.71. The van der Waals surface area contributed by atoms with Gasteiger partial charge in [-0.1, -0.05) is 0 Å². The van der Waals surface area contributed by atoms with Crippen LogP contribution in [0.3, 0.4) is 0 Å². The predicted octanol–water partition coefficient (Wildman–Crippen LogP) is 0.892. The summed E-state index contributed by atoms with van der Waals surface area (Å²) in [5.41, 5.74) is 0.0431. The van der Waals surface area contributed by atoms with Crippen molar-refractivity contribution in [3.8, 4) is 0 Å². The second-order valence-electron chi connectivity index (χ2n) is 3.78. The zero-order valence-corrected chi connectivity index (χ0v) is 7.64. The molecular formula is C9H17NO2. The second-order valence-corrected chi connectivity index (χ2v) is 3.78. The van der Waals surface area contributed by atoms with Crippen LogP contribution in [0.4, 0.5) is 0 Å². The van der Waals surface area contributed by atoms with Crippen molar-refractivity contribution in [3.63, 3.8) is 0 Å². The van der Waals surface area contributed by atoms with E-state index in [1.54, 1.807) is 7.11 Å². The van der Waals surface area contributed by atoms with Crippen LogP contribution in [0.25, 0.3) is 0 Å². The second kappa shape index (κ2) is 3.32. The molecule has 1 saturated heterocycles. The lowest BCUT2D eigenvalue weighted by atomic mass is 9.86. The fraction of sp³-hybridized carbons (Fsp3) is 1.00. The van der Waals surface area contributed by atoms with Gasteiger partial charge in [-0.15, -0.1) is 0 Å². The van der Waals surface area contributed by atoms with E-state index in [4.69, 9.17) is 9.47 Å². The van der Waals surface area contributed by atoms with Crippen molar-refractivity contribution in [2.45, 2.75) is 37.5 Å². The third-order valence-corrected chi connectivity index (χ3v) is 2.84. The highest BCUT2D eigenvalue weighted by atomic mass is 16.5. The molecule has 0 amide bonds. The van der Waals surface area contributed by atoms with Gasteiger partial charge in [0, 0.05) is 13.2 Å². The molecule has 3 nitrogen and oxygen atoms in total. The molecule has 1 spiro atoms. The summed E-state index contributed by atoms with van der Waals surface area (Å²) in [6.45, 7) is 1.70. The Bertz CT molecular complexity index is 155. The molecule has 1 atom stereocenters. The average molecular weight is 171 g/mol. The molecule has 0 radical (unpaired) electrons. The summed E-state index contributed by atoms with van der Waals surface area (Å²) >= 11 is 0. The van der Waals surface area contributed by atoms with Gasteiger partial charge in [0.05, 0.1) is 13.2 Å². The Kier molecular flexibility index (Phi) is 2.35. The van der Waals surface area contributed by atoms with E-state index in [-0.39, 0.29) is 5.72 Å². The van der Waals surface area contributed by atoms with Crippen LogP contribution in [-0.2, 0) is 9.47 Å². The monoisotopic (exact) mass is 171 g/mol. The summed E-state index contributed by atoms with van der Waals surface area (Å²) in [6, 6.07) is 0.504. The Morgan fingerprint density at radius 1 is 1.58 bits per heavy atom. The molecule has 1 heterocycles. The van der Waals surface area contributed by atoms with Gasteiger partial charge < -0.3 is 9.47 Å². The average Bonchev–Trinajstić information content (AvgIpc) is 2.03. The van der Waals surface area contributed by atoms with Crippen molar-refractivity contribution in [2.75, 3.05) is 20.3 Å². The number of nitrogens with one attached hydrogen (secondary N) is 1. The highest BCUT2D eigenvalue weighted by Gasteiger charge is 2.41. The Labute approximate surface area is 73.4 Å². The van der Waals surface area contributed by atoms with E-state index < -0.39 is 0 Å². The first kappa shape index (κ1) is 8.48. The van der Waals surface area contributed by atoms with E-state index in [2.05, 4.69) is 5.32 Å². The van der Waals surface area contributed by atoms with Crippen molar-refractivity contribution >= 4 is 0 Å². The molecule has 1 unspecified atom stereocenters. The van der Waals surface area contributed by atoms with Gasteiger partial charge in [-0.2, -0.15) is 0 Å². The molecule has 0 aromatic heterocycles. The lowest BCUT2D eigenvalue weighted by molar-refractivity contribution is -0.161. The minimum Gasteiger partial charge on any atom is -0.383 e. The first-order chi connectivity index (χ1) is 5.85. The smallest absolute Gasteiger partial charge is 0.119 e. The quantitative estimate of drug-likeness (QED) is 0.669. The van der Waals surface area contributed by atoms with Crippen LogP contribution in [0.15, 0.2) is 0 Å². The Morgan fingerprint density at radius 3 is 3.00 bits per heavy atom. The molecule has 2 fully saturated rings. The molecule has 1 saturated carbocycles. The molecule has 2 rings (SSSR count). The molecule has 0 aromatic carbocycles. The van der Waals surface area contributed by atoms with Crippen LogP contribution in [0.1, 0.15) is 25.7 Å². The molecule has 1 aliphatic heterocycles. The first-order valence-electron chi connectivity index (χ1n) is 4.75. The minimum absolute atomic E-state index is 0.0431. The van der Waals surface area contributed by atoms with Gasteiger partial charge in [0.25, 0.3) is 0 Å². The molecule has 3 heteroatoms. The highest BCUT2D eigenvalue weighted by molar-refractivity contribution is 4.92. The molecule has 12 heavy (non-hydrogen) atoms. The van der Waals surface area contributed by atoms with E-state index in [0.717, 1.165) is 19.6 Å². The first-order valence-corrected chi connectivity index (χ1v) is 4.75. The van der Waals surface area contributed by atoms with Crippen molar-refractivity contribution in [1.82, 2.24) is 5.32 Å². The van der Waals surface area contributed by atoms with Crippen LogP contribution in [0, 0.1) is 0 Å². The summed E-state index contributed by atoms with van der Waals surface area (Å²) < 4.78 is 10.8. The minimum atomic E-state index is 0.0431. The Morgan fingerprint density at radius 2 is 2.42 bits per heavy atom. The van der Waals surface area contributed by atoms with Crippen molar-refractivity contribution in [1.29, 1.82) is 0 Å². The molecule has 0 bridgehead atoms. The molecule has 70 valence electrons. The fourth-order valence-corrected chi connectivity index (χ4v) is 2.00. The van der Waals surface area contributed by atoms with Gasteiger partial charge >= 0.3 is 0 Å². The van der Waals surface area contributed by atoms with Crippen LogP contribution in [0.5, 0.6) is 0 Å². The van der Waals surface area contributed by atoms with Crippen molar-refractivity contribution < 1.29 is 9.47 Å². The molecular weight excluding hydrogens is 154 g/mol. The number of hydrogen-bond acceptors (Lipinski definition) is 3. The lowest BCUT2D eigenvalue weighted by Crippen LogP contribution is -2.61. The fourth-order valence-electron chi connectivity index (χ4n) is 2.00. The Hall–Kier alpha value is -0.120. The van der Waals surface area contributed by atoms with Gasteiger partial charge in [-0.3, -0.25) is 5.32 Å². The third-order valence-electron chi connectivity index (χ3n) is 2.84. The number of hydrogen-bond donors (Lipinski definition) is 1. The standard InChI is InChI=1S/C9H17NO2/c1-11-7-8-3-6-12-9(10-8)4-2-5-9/h8,10H,2-7H2,1H3. The SMILES string of the molecule is COCC1CCOC2(CCC2)N1. The topological polar surface area (TPSA) is 30.5 Å². The largest absolute Gasteiger partial charge is 0.383 e. The Balaban J connectivity index is 1.85. The molecule has 2 aliphatic rings. The normalized spacial score (nSPS) is 33.2. The van der Waals surface area contributed by atoms with Crippen LogP contribution in [-0.4, -0.2) is 32.1 Å². The van der Waals surface area contributed by atoms with Crippen LogP contribution in [0.2, 0.25) is 0 Å². The van der Waals surface area contributed by atoms with Gasteiger partial charge in [0.15, 0.2) is 0 Å². The van der Waals surface area contributed by atoms with Crippen LogP contribution >= 0.6 is 0 Å². The van der Waals surface area contributed by atoms with Crippen molar-refractivity contribution in [3.05, 3.63) is 0 Å². The van der Waals surface area contributed by atoms with Crippen molar-refractivity contribution in [2.24, 2.45) is 0 Å². The highest BCUT2D eigenvalue weighted by Crippen LogP contribution is 2.35. The van der Waals surface area contributed by atoms with E-state index in [0.29, 0.717) is 6.04 Å². The maximum atomic E-state index is 5.71. The predicted molar refractivity (Wildman–Crippen MR) is 46.0 cm³/mol. The molecule has 0 aromatic rings. The number of rotatable bonds is 2. The van der Waals surface area contributed by atoms with Gasteiger partial charge in [-0.25, -0.2) is 0 Å². The lowest BCUT2D eigenvalue weighted by Gasteiger charge is -2.48. The number of methoxy groups -OCH3 is 1. The van der Waals surface area contributed by atoms with Gasteiger partial charge in [0.2, 0.25) is 0 Å². The third kappa shape index (κ3) is 1.49. The molecule has 1 aliphatic carbocycles. The summed E-state index contributed by atoms with van der Waals surface area (Å²) in [5, 5.41) is 3.52. The van der Waals surface area contributed by atoms with E-state index in [1.807, 2.05) is 0 Å². The van der Waals surface area contributed by atoms with Gasteiger partial charge in [0.1, 0.15) is 5.72 Å². The summed E-state index contributed by atoms with van der Waals surface area (Å²) in [7, 11) is 1.75. The van der Waals surface area contributed by atoms with Crippen LogP contribution < -0.4 is 5.32 Å². The zero-order valence-electron chi connectivity index (χ0n) is 7.64. The van der Waals surface area contributed by atoms with E-state index >= 15 is 0 Å².